The van der Waals surface area contributed by atoms with Crippen LogP contribution in [0.25, 0.3) is 0 Å². The number of ether oxygens (including phenoxy) is 1. The number of rotatable bonds is 6. The zero-order valence-electron chi connectivity index (χ0n) is 19.1. The molecule has 0 heterocycles. The molecule has 1 saturated carbocycles. The first-order valence-corrected chi connectivity index (χ1v) is 11.7. The highest BCUT2D eigenvalue weighted by Crippen LogP contribution is 2.38. The normalized spacial score (nSPS) is 18.6. The van der Waals surface area contributed by atoms with Crippen molar-refractivity contribution >= 4 is 5.97 Å². The predicted molar refractivity (Wildman–Crippen MR) is 126 cm³/mol. The quantitative estimate of drug-likeness (QED) is 0.293. The molecule has 0 amide bonds. The van der Waals surface area contributed by atoms with Gasteiger partial charge < -0.3 is 4.74 Å². The van der Waals surface area contributed by atoms with Crippen LogP contribution in [0.5, 0.6) is 5.75 Å². The van der Waals surface area contributed by atoms with Crippen LogP contribution in [-0.4, -0.2) is 5.97 Å². The Bertz CT molecular complexity index is 1150. The molecule has 3 aromatic carbocycles. The summed E-state index contributed by atoms with van der Waals surface area (Å²) in [5, 5.41) is 8.86. The van der Waals surface area contributed by atoms with Crippen molar-refractivity contribution in [2.45, 2.75) is 50.9 Å². The Hall–Kier alpha value is -3.52. The number of halogens is 2. The highest BCUT2D eigenvalue weighted by atomic mass is 19.1. The van der Waals surface area contributed by atoms with Crippen molar-refractivity contribution in [3.8, 4) is 11.8 Å². The second-order valence-electron chi connectivity index (χ2n) is 9.08. The number of carbonyl (C=O) groups excluding carboxylic acids is 1. The Morgan fingerprint density at radius 1 is 1.00 bits per heavy atom. The molecule has 0 bridgehead atoms. The Labute approximate surface area is 199 Å². The largest absolute Gasteiger partial charge is 0.426 e. The van der Waals surface area contributed by atoms with Gasteiger partial charge in [-0.25, -0.2) is 8.78 Å². The van der Waals surface area contributed by atoms with Crippen LogP contribution in [0, 0.1) is 28.9 Å². The average Bonchev–Trinajstić information content (AvgIpc) is 2.87. The summed E-state index contributed by atoms with van der Waals surface area (Å²) in [7, 11) is 0. The first-order valence-electron chi connectivity index (χ1n) is 11.7. The molecular formula is C29H27F2NO2. The van der Waals surface area contributed by atoms with E-state index in [1.807, 2.05) is 43.3 Å². The zero-order valence-corrected chi connectivity index (χ0v) is 19.1. The van der Waals surface area contributed by atoms with Gasteiger partial charge in [0, 0.05) is 5.56 Å². The Morgan fingerprint density at radius 2 is 1.62 bits per heavy atom. The standard InChI is InChI=1S/C29H27F2NO2/c1-19(21-5-3-2-4-6-21)15-26-27(30)16-24(17-28(26)31)22-9-11-23(12-10-22)29(33)34-25-13-7-20(18-32)8-14-25/h2-8,13-14,16-17,19,22-23H,9-12,15H2,1H3/t19-,22?,23?/m0/s1. The van der Waals surface area contributed by atoms with Crippen LogP contribution >= 0.6 is 0 Å². The van der Waals surface area contributed by atoms with E-state index in [2.05, 4.69) is 0 Å². The average molecular weight is 460 g/mol. The molecular weight excluding hydrogens is 432 g/mol. The molecule has 1 atom stereocenters. The summed E-state index contributed by atoms with van der Waals surface area (Å²) in [6.07, 6.45) is 2.86. The predicted octanol–water partition coefficient (Wildman–Crippen LogP) is 7.06. The molecule has 0 aromatic heterocycles. The topological polar surface area (TPSA) is 50.1 Å². The van der Waals surface area contributed by atoms with E-state index in [-0.39, 0.29) is 29.3 Å². The third-order valence-electron chi connectivity index (χ3n) is 6.78. The third kappa shape index (κ3) is 5.51. The molecule has 1 aliphatic rings. The van der Waals surface area contributed by atoms with Gasteiger partial charge in [0.15, 0.2) is 0 Å². The summed E-state index contributed by atoms with van der Waals surface area (Å²) in [5.41, 5.74) is 2.33. The lowest BCUT2D eigenvalue weighted by atomic mass is 9.78. The van der Waals surface area contributed by atoms with Crippen LogP contribution in [0.4, 0.5) is 8.78 Å². The minimum absolute atomic E-state index is 0.00797. The van der Waals surface area contributed by atoms with Crippen molar-refractivity contribution < 1.29 is 18.3 Å². The van der Waals surface area contributed by atoms with E-state index >= 15 is 0 Å². The number of carbonyl (C=O) groups is 1. The lowest BCUT2D eigenvalue weighted by Crippen LogP contribution is -2.25. The SMILES string of the molecule is C[C@@H](Cc1c(F)cc(C2CCC(C(=O)Oc3ccc(C#N)cc3)CC2)cc1F)c1ccccc1. The van der Waals surface area contributed by atoms with E-state index in [0.717, 1.165) is 5.56 Å². The van der Waals surface area contributed by atoms with Crippen molar-refractivity contribution in [1.82, 2.24) is 0 Å². The smallest absolute Gasteiger partial charge is 0.314 e. The summed E-state index contributed by atoms with van der Waals surface area (Å²) in [5.74, 6) is -1.11. The van der Waals surface area contributed by atoms with Gasteiger partial charge in [0.25, 0.3) is 0 Å². The fourth-order valence-electron chi connectivity index (χ4n) is 4.72. The number of hydrogen-bond acceptors (Lipinski definition) is 3. The number of nitriles is 1. The monoisotopic (exact) mass is 459 g/mol. The number of benzene rings is 3. The number of esters is 1. The van der Waals surface area contributed by atoms with Gasteiger partial charge in [-0.1, -0.05) is 37.3 Å². The molecule has 0 saturated heterocycles. The molecule has 0 aliphatic heterocycles. The number of nitrogens with zero attached hydrogens (tertiary/aromatic N) is 1. The van der Waals surface area contributed by atoms with Crippen LogP contribution in [0.2, 0.25) is 0 Å². The molecule has 3 nitrogen and oxygen atoms in total. The van der Waals surface area contributed by atoms with Crippen molar-refractivity contribution in [1.29, 1.82) is 5.26 Å². The highest BCUT2D eigenvalue weighted by Gasteiger charge is 2.29. The maximum atomic E-state index is 14.9. The third-order valence-corrected chi connectivity index (χ3v) is 6.78. The van der Waals surface area contributed by atoms with Gasteiger partial charge in [-0.05, 0) is 91.5 Å². The lowest BCUT2D eigenvalue weighted by Gasteiger charge is -2.28. The van der Waals surface area contributed by atoms with Crippen molar-refractivity contribution in [2.75, 3.05) is 0 Å². The Kier molecular flexibility index (Phi) is 7.37. The summed E-state index contributed by atoms with van der Waals surface area (Å²) in [6, 6.07) is 21.1. The van der Waals surface area contributed by atoms with Crippen LogP contribution in [0.15, 0.2) is 66.7 Å². The van der Waals surface area contributed by atoms with E-state index in [9.17, 15) is 13.6 Å². The molecule has 1 fully saturated rings. The van der Waals surface area contributed by atoms with E-state index in [1.54, 1.807) is 24.3 Å². The Balaban J connectivity index is 1.36. The summed E-state index contributed by atoms with van der Waals surface area (Å²) < 4.78 is 35.3. The van der Waals surface area contributed by atoms with E-state index in [0.29, 0.717) is 49.0 Å². The van der Waals surface area contributed by atoms with Crippen LogP contribution < -0.4 is 4.74 Å². The van der Waals surface area contributed by atoms with Gasteiger partial charge in [-0.2, -0.15) is 5.26 Å². The van der Waals surface area contributed by atoms with Crippen LogP contribution in [0.3, 0.4) is 0 Å². The zero-order chi connectivity index (χ0) is 24.1. The molecule has 0 unspecified atom stereocenters. The maximum absolute atomic E-state index is 14.9. The van der Waals surface area contributed by atoms with E-state index < -0.39 is 11.6 Å². The van der Waals surface area contributed by atoms with Gasteiger partial charge in [0.05, 0.1) is 17.6 Å². The summed E-state index contributed by atoms with van der Waals surface area (Å²) in [4.78, 5) is 12.5. The number of hydrogen-bond donors (Lipinski definition) is 0. The molecule has 3 aromatic rings. The first kappa shape index (κ1) is 23.6. The maximum Gasteiger partial charge on any atom is 0.314 e. The van der Waals surface area contributed by atoms with Gasteiger partial charge in [0.1, 0.15) is 17.4 Å². The minimum atomic E-state index is -0.500. The van der Waals surface area contributed by atoms with E-state index in [4.69, 9.17) is 10.00 Å². The molecule has 1 aliphatic carbocycles. The summed E-state index contributed by atoms with van der Waals surface area (Å²) in [6.45, 7) is 1.97. The lowest BCUT2D eigenvalue weighted by molar-refractivity contribution is -0.140. The van der Waals surface area contributed by atoms with Crippen LogP contribution in [-0.2, 0) is 11.2 Å². The summed E-state index contributed by atoms with van der Waals surface area (Å²) >= 11 is 0. The van der Waals surface area contributed by atoms with Crippen molar-refractivity contribution in [3.63, 3.8) is 0 Å². The van der Waals surface area contributed by atoms with Crippen molar-refractivity contribution in [2.24, 2.45) is 5.92 Å². The van der Waals surface area contributed by atoms with Gasteiger partial charge >= 0.3 is 5.97 Å². The van der Waals surface area contributed by atoms with Crippen LogP contribution in [0.1, 0.15) is 66.7 Å². The fourth-order valence-corrected chi connectivity index (χ4v) is 4.72. The fraction of sp³-hybridized carbons (Fsp3) is 0.310. The molecule has 174 valence electrons. The first-order chi connectivity index (χ1) is 16.4. The Morgan fingerprint density at radius 3 is 2.21 bits per heavy atom. The van der Waals surface area contributed by atoms with Gasteiger partial charge in [0.2, 0.25) is 0 Å². The second kappa shape index (κ2) is 10.6. The van der Waals surface area contributed by atoms with Gasteiger partial charge in [-0.3, -0.25) is 4.79 Å². The van der Waals surface area contributed by atoms with Crippen molar-refractivity contribution in [3.05, 3.63) is 101 Å². The van der Waals surface area contributed by atoms with Gasteiger partial charge in [-0.15, -0.1) is 0 Å². The molecule has 0 N–H and O–H groups in total. The second-order valence-corrected chi connectivity index (χ2v) is 9.08. The molecule has 4 rings (SSSR count). The van der Waals surface area contributed by atoms with E-state index in [1.165, 1.54) is 12.1 Å². The highest BCUT2D eigenvalue weighted by molar-refractivity contribution is 5.75. The molecule has 5 heteroatoms. The molecule has 34 heavy (non-hydrogen) atoms. The minimum Gasteiger partial charge on any atom is -0.426 e. The molecule has 0 radical (unpaired) electrons. The molecule has 0 spiro atoms.